The molecule has 0 saturated carbocycles. The van der Waals surface area contributed by atoms with Gasteiger partial charge in [0.25, 0.3) is 0 Å². The second-order valence-electron chi connectivity index (χ2n) is 3.83. The molecule has 1 aromatic carbocycles. The number of hydrogen-bond donors (Lipinski definition) is 1. The highest BCUT2D eigenvalue weighted by molar-refractivity contribution is 5.37. The standard InChI is InChI=1S/C13H16O/c1-10(2)13(14)8-7-12-6-4-5-11(3)9-12/h4-6,9-10,13-14H,1-3H3. The zero-order chi connectivity index (χ0) is 10.6. The lowest BCUT2D eigenvalue weighted by Gasteiger charge is -2.05. The van der Waals surface area contributed by atoms with Gasteiger partial charge in [-0.3, -0.25) is 0 Å². The fourth-order valence-electron chi connectivity index (χ4n) is 1.05. The summed E-state index contributed by atoms with van der Waals surface area (Å²) < 4.78 is 0. The minimum absolute atomic E-state index is 0.187. The third-order valence-electron chi connectivity index (χ3n) is 2.01. The van der Waals surface area contributed by atoms with Gasteiger partial charge in [-0.15, -0.1) is 0 Å². The lowest BCUT2D eigenvalue weighted by atomic mass is 10.1. The number of aryl methyl sites for hydroxylation is 1. The number of rotatable bonds is 1. The van der Waals surface area contributed by atoms with Gasteiger partial charge in [0.15, 0.2) is 0 Å². The first-order valence-corrected chi connectivity index (χ1v) is 4.86. The van der Waals surface area contributed by atoms with E-state index in [1.165, 1.54) is 5.56 Å². The van der Waals surface area contributed by atoms with E-state index >= 15 is 0 Å². The molecule has 0 aliphatic rings. The van der Waals surface area contributed by atoms with Crippen LogP contribution in [0.3, 0.4) is 0 Å². The van der Waals surface area contributed by atoms with Gasteiger partial charge in [-0.25, -0.2) is 0 Å². The van der Waals surface area contributed by atoms with Crippen molar-refractivity contribution in [1.82, 2.24) is 0 Å². The highest BCUT2D eigenvalue weighted by atomic mass is 16.3. The molecular weight excluding hydrogens is 172 g/mol. The van der Waals surface area contributed by atoms with Crippen molar-refractivity contribution in [3.05, 3.63) is 35.4 Å². The summed E-state index contributed by atoms with van der Waals surface area (Å²) in [6.45, 7) is 5.94. The molecule has 0 aliphatic heterocycles. The van der Waals surface area contributed by atoms with Crippen molar-refractivity contribution < 1.29 is 5.11 Å². The SMILES string of the molecule is Cc1cccc(C#CC(O)C(C)C)c1. The molecule has 0 amide bonds. The highest BCUT2D eigenvalue weighted by Gasteiger charge is 2.03. The summed E-state index contributed by atoms with van der Waals surface area (Å²) in [7, 11) is 0. The minimum Gasteiger partial charge on any atom is -0.380 e. The normalized spacial score (nSPS) is 12.1. The molecule has 1 rings (SSSR count). The Morgan fingerprint density at radius 1 is 1.29 bits per heavy atom. The minimum atomic E-state index is -0.532. The largest absolute Gasteiger partial charge is 0.380 e. The maximum atomic E-state index is 9.48. The molecule has 0 aliphatic carbocycles. The van der Waals surface area contributed by atoms with E-state index in [1.54, 1.807) is 0 Å². The Hall–Kier alpha value is -1.26. The van der Waals surface area contributed by atoms with Crippen molar-refractivity contribution in [2.24, 2.45) is 5.92 Å². The molecule has 1 aromatic rings. The molecule has 0 radical (unpaired) electrons. The van der Waals surface area contributed by atoms with E-state index < -0.39 is 6.10 Å². The van der Waals surface area contributed by atoms with Gasteiger partial charge in [0, 0.05) is 5.56 Å². The van der Waals surface area contributed by atoms with Crippen LogP contribution in [0.5, 0.6) is 0 Å². The Bertz CT molecular complexity index is 355. The molecule has 1 heteroatoms. The van der Waals surface area contributed by atoms with E-state index in [-0.39, 0.29) is 5.92 Å². The molecule has 0 bridgehead atoms. The molecule has 1 N–H and O–H groups in total. The molecule has 0 fully saturated rings. The number of benzene rings is 1. The molecule has 1 nitrogen and oxygen atoms in total. The maximum absolute atomic E-state index is 9.48. The summed E-state index contributed by atoms with van der Waals surface area (Å²) in [4.78, 5) is 0. The van der Waals surface area contributed by atoms with Crippen LogP contribution in [-0.4, -0.2) is 11.2 Å². The summed E-state index contributed by atoms with van der Waals surface area (Å²) in [5.74, 6) is 5.99. The Kier molecular flexibility index (Phi) is 3.73. The zero-order valence-electron chi connectivity index (χ0n) is 8.91. The highest BCUT2D eigenvalue weighted by Crippen LogP contribution is 2.03. The first-order chi connectivity index (χ1) is 6.59. The van der Waals surface area contributed by atoms with Crippen LogP contribution in [0.25, 0.3) is 0 Å². The average Bonchev–Trinajstić information content (AvgIpc) is 2.14. The van der Waals surface area contributed by atoms with Gasteiger partial charge in [-0.2, -0.15) is 0 Å². The monoisotopic (exact) mass is 188 g/mol. The Labute approximate surface area is 85.8 Å². The Morgan fingerprint density at radius 3 is 2.57 bits per heavy atom. The van der Waals surface area contributed by atoms with Gasteiger partial charge in [-0.1, -0.05) is 37.8 Å². The second-order valence-corrected chi connectivity index (χ2v) is 3.83. The topological polar surface area (TPSA) is 20.2 Å². The van der Waals surface area contributed by atoms with Crippen molar-refractivity contribution in [3.8, 4) is 11.8 Å². The Morgan fingerprint density at radius 2 is 2.00 bits per heavy atom. The fourth-order valence-corrected chi connectivity index (χ4v) is 1.05. The molecule has 1 atom stereocenters. The molecule has 0 saturated heterocycles. The first kappa shape index (κ1) is 10.8. The predicted octanol–water partition coefficient (Wildman–Crippen LogP) is 2.36. The summed E-state index contributed by atoms with van der Waals surface area (Å²) in [5, 5.41) is 9.48. The third-order valence-corrected chi connectivity index (χ3v) is 2.01. The van der Waals surface area contributed by atoms with E-state index in [9.17, 15) is 5.11 Å². The van der Waals surface area contributed by atoms with Gasteiger partial charge < -0.3 is 5.11 Å². The van der Waals surface area contributed by atoms with E-state index in [0.717, 1.165) is 5.56 Å². The smallest absolute Gasteiger partial charge is 0.117 e. The van der Waals surface area contributed by atoms with Crippen LogP contribution in [0.1, 0.15) is 25.0 Å². The van der Waals surface area contributed by atoms with Crippen molar-refractivity contribution in [3.63, 3.8) is 0 Å². The quantitative estimate of drug-likeness (QED) is 0.671. The molecule has 0 heterocycles. The average molecular weight is 188 g/mol. The van der Waals surface area contributed by atoms with Crippen LogP contribution in [0.2, 0.25) is 0 Å². The summed E-state index contributed by atoms with van der Waals surface area (Å²) >= 11 is 0. The molecule has 1 unspecified atom stereocenters. The van der Waals surface area contributed by atoms with Crippen molar-refractivity contribution >= 4 is 0 Å². The van der Waals surface area contributed by atoms with Gasteiger partial charge in [0.2, 0.25) is 0 Å². The van der Waals surface area contributed by atoms with Crippen LogP contribution < -0.4 is 0 Å². The molecule has 74 valence electrons. The van der Waals surface area contributed by atoms with Gasteiger partial charge >= 0.3 is 0 Å². The van der Waals surface area contributed by atoms with Crippen LogP contribution in [0.4, 0.5) is 0 Å². The fraction of sp³-hybridized carbons (Fsp3) is 0.385. The Balaban J connectivity index is 2.77. The van der Waals surface area contributed by atoms with Crippen LogP contribution >= 0.6 is 0 Å². The summed E-state index contributed by atoms with van der Waals surface area (Å²) in [6.07, 6.45) is -0.532. The van der Waals surface area contributed by atoms with E-state index in [1.807, 2.05) is 45.0 Å². The lowest BCUT2D eigenvalue weighted by Crippen LogP contribution is -2.11. The second kappa shape index (κ2) is 4.83. The zero-order valence-corrected chi connectivity index (χ0v) is 8.91. The van der Waals surface area contributed by atoms with Crippen molar-refractivity contribution in [2.75, 3.05) is 0 Å². The van der Waals surface area contributed by atoms with Crippen LogP contribution in [0.15, 0.2) is 24.3 Å². The molecule has 0 spiro atoms. The molecule has 14 heavy (non-hydrogen) atoms. The van der Waals surface area contributed by atoms with Gasteiger partial charge in [-0.05, 0) is 30.5 Å². The molecule has 0 aromatic heterocycles. The first-order valence-electron chi connectivity index (χ1n) is 4.86. The van der Waals surface area contributed by atoms with Gasteiger partial charge in [0.1, 0.15) is 6.10 Å². The van der Waals surface area contributed by atoms with Crippen molar-refractivity contribution in [2.45, 2.75) is 26.9 Å². The number of aliphatic hydroxyl groups excluding tert-OH is 1. The third kappa shape index (κ3) is 3.24. The van der Waals surface area contributed by atoms with Gasteiger partial charge in [0.05, 0.1) is 0 Å². The summed E-state index contributed by atoms with van der Waals surface area (Å²) in [5.41, 5.74) is 2.15. The van der Waals surface area contributed by atoms with E-state index in [4.69, 9.17) is 0 Å². The number of hydrogen-bond acceptors (Lipinski definition) is 1. The van der Waals surface area contributed by atoms with Crippen LogP contribution in [-0.2, 0) is 0 Å². The summed E-state index contributed by atoms with van der Waals surface area (Å²) in [6, 6.07) is 7.97. The predicted molar refractivity (Wildman–Crippen MR) is 58.9 cm³/mol. The van der Waals surface area contributed by atoms with E-state index in [0.29, 0.717) is 0 Å². The number of aliphatic hydroxyl groups is 1. The van der Waals surface area contributed by atoms with Crippen LogP contribution in [0, 0.1) is 24.7 Å². The van der Waals surface area contributed by atoms with E-state index in [2.05, 4.69) is 11.8 Å². The molecular formula is C13H16O. The lowest BCUT2D eigenvalue weighted by molar-refractivity contribution is 0.181. The maximum Gasteiger partial charge on any atom is 0.117 e. The van der Waals surface area contributed by atoms with Crippen molar-refractivity contribution in [1.29, 1.82) is 0 Å².